The first-order chi connectivity index (χ1) is 12.7. The molecule has 3 rings (SSSR count). The van der Waals surface area contributed by atoms with E-state index in [9.17, 15) is 4.79 Å². The van der Waals surface area contributed by atoms with Crippen LogP contribution >= 0.6 is 11.6 Å². The highest BCUT2D eigenvalue weighted by Gasteiger charge is 2.11. The van der Waals surface area contributed by atoms with E-state index in [0.717, 1.165) is 5.56 Å². The van der Waals surface area contributed by atoms with E-state index in [4.69, 9.17) is 16.9 Å². The van der Waals surface area contributed by atoms with Crippen molar-refractivity contribution >= 4 is 29.0 Å². The Morgan fingerprint density at radius 2 is 1.81 bits per heavy atom. The Kier molecular flexibility index (Phi) is 5.42. The summed E-state index contributed by atoms with van der Waals surface area (Å²) in [5.74, 6) is 0.123. The molecule has 0 aliphatic carbocycles. The van der Waals surface area contributed by atoms with E-state index in [1.54, 1.807) is 36.4 Å². The third kappa shape index (κ3) is 4.35. The molecule has 0 aliphatic heterocycles. The third-order valence-electron chi connectivity index (χ3n) is 3.58. The first-order valence-electron chi connectivity index (χ1n) is 7.78. The Morgan fingerprint density at radius 3 is 2.50 bits per heavy atom. The van der Waals surface area contributed by atoms with E-state index in [1.165, 1.54) is 0 Å². The van der Waals surface area contributed by atoms with Crippen molar-refractivity contribution in [2.75, 3.05) is 10.6 Å². The highest BCUT2D eigenvalue weighted by molar-refractivity contribution is 6.30. The predicted octanol–water partition coefficient (Wildman–Crippen LogP) is 3.87. The molecule has 1 aromatic heterocycles. The molecular weight excluding hydrogens is 350 g/mol. The molecule has 128 valence electrons. The number of benzene rings is 2. The molecule has 0 aliphatic rings. The van der Waals surface area contributed by atoms with Gasteiger partial charge in [-0.25, -0.2) is 0 Å². The van der Waals surface area contributed by atoms with E-state index in [0.29, 0.717) is 28.6 Å². The average Bonchev–Trinajstić information content (AvgIpc) is 2.68. The zero-order valence-corrected chi connectivity index (χ0v) is 14.4. The predicted molar refractivity (Wildman–Crippen MR) is 99.9 cm³/mol. The third-order valence-corrected chi connectivity index (χ3v) is 3.83. The molecule has 0 spiro atoms. The molecule has 0 fully saturated rings. The van der Waals surface area contributed by atoms with Gasteiger partial charge in [0.15, 0.2) is 5.69 Å². The summed E-state index contributed by atoms with van der Waals surface area (Å²) in [6, 6.07) is 19.5. The van der Waals surface area contributed by atoms with Crippen LogP contribution in [0.5, 0.6) is 0 Å². The van der Waals surface area contributed by atoms with E-state index >= 15 is 0 Å². The second-order valence-corrected chi connectivity index (χ2v) is 5.83. The Morgan fingerprint density at radius 1 is 1.04 bits per heavy atom. The molecule has 0 atom stereocenters. The van der Waals surface area contributed by atoms with Crippen molar-refractivity contribution in [2.24, 2.45) is 0 Å². The van der Waals surface area contributed by atoms with Gasteiger partial charge in [-0.15, -0.1) is 10.2 Å². The van der Waals surface area contributed by atoms with Crippen molar-refractivity contribution in [3.8, 4) is 6.07 Å². The Labute approximate surface area is 155 Å². The standard InChI is InChI=1S/C19H14ClN5O/c20-15-7-5-13(6-8-15)12-22-18-10-9-17(24-25-18)19(26)23-16-4-2-1-3-14(16)11-21/h1-10H,12H2,(H,22,25)(H,23,26). The fourth-order valence-corrected chi connectivity index (χ4v) is 2.34. The molecule has 26 heavy (non-hydrogen) atoms. The van der Waals surface area contributed by atoms with Crippen molar-refractivity contribution < 1.29 is 4.79 Å². The van der Waals surface area contributed by atoms with Gasteiger partial charge in [0, 0.05) is 11.6 Å². The van der Waals surface area contributed by atoms with Crippen LogP contribution in [0.1, 0.15) is 21.6 Å². The number of hydrogen-bond acceptors (Lipinski definition) is 5. The van der Waals surface area contributed by atoms with E-state index in [1.807, 2.05) is 30.3 Å². The largest absolute Gasteiger partial charge is 0.365 e. The zero-order valence-electron chi connectivity index (χ0n) is 13.6. The van der Waals surface area contributed by atoms with Crippen LogP contribution in [0.15, 0.2) is 60.7 Å². The number of nitriles is 1. The second-order valence-electron chi connectivity index (χ2n) is 5.40. The summed E-state index contributed by atoms with van der Waals surface area (Å²) in [4.78, 5) is 12.2. The monoisotopic (exact) mass is 363 g/mol. The average molecular weight is 364 g/mol. The van der Waals surface area contributed by atoms with E-state index in [2.05, 4.69) is 20.8 Å². The normalized spacial score (nSPS) is 10.0. The lowest BCUT2D eigenvalue weighted by Crippen LogP contribution is -2.15. The second kappa shape index (κ2) is 8.10. The van der Waals surface area contributed by atoms with E-state index in [-0.39, 0.29) is 5.69 Å². The molecule has 3 aromatic rings. The maximum Gasteiger partial charge on any atom is 0.276 e. The summed E-state index contributed by atoms with van der Waals surface area (Å²) in [6.45, 7) is 0.562. The SMILES string of the molecule is N#Cc1ccccc1NC(=O)c1ccc(NCc2ccc(Cl)cc2)nn1. The number of nitrogens with zero attached hydrogens (tertiary/aromatic N) is 3. The van der Waals surface area contributed by atoms with Crippen LogP contribution in [0, 0.1) is 11.3 Å². The van der Waals surface area contributed by atoms with Crippen molar-refractivity contribution in [3.63, 3.8) is 0 Å². The summed E-state index contributed by atoms with van der Waals surface area (Å²) in [6.07, 6.45) is 0. The minimum Gasteiger partial charge on any atom is -0.365 e. The molecule has 0 bridgehead atoms. The lowest BCUT2D eigenvalue weighted by Gasteiger charge is -2.07. The lowest BCUT2D eigenvalue weighted by atomic mass is 10.2. The van der Waals surface area contributed by atoms with Gasteiger partial charge in [0.1, 0.15) is 11.9 Å². The van der Waals surface area contributed by atoms with Gasteiger partial charge in [-0.3, -0.25) is 4.79 Å². The maximum atomic E-state index is 12.2. The lowest BCUT2D eigenvalue weighted by molar-refractivity contribution is 0.102. The summed E-state index contributed by atoms with van der Waals surface area (Å²) >= 11 is 5.85. The zero-order chi connectivity index (χ0) is 18.4. The first-order valence-corrected chi connectivity index (χ1v) is 8.16. The number of hydrogen-bond donors (Lipinski definition) is 2. The van der Waals surface area contributed by atoms with Gasteiger partial charge in [-0.2, -0.15) is 5.26 Å². The summed E-state index contributed by atoms with van der Waals surface area (Å²) in [5, 5.41) is 23.5. The molecule has 2 N–H and O–H groups in total. The Balaban J connectivity index is 1.62. The molecule has 2 aromatic carbocycles. The van der Waals surface area contributed by atoms with Gasteiger partial charge in [0.2, 0.25) is 0 Å². The van der Waals surface area contributed by atoms with Gasteiger partial charge < -0.3 is 10.6 Å². The number of anilines is 2. The Bertz CT molecular complexity index is 949. The number of rotatable bonds is 5. The number of halogens is 1. The van der Waals surface area contributed by atoms with Gasteiger partial charge in [0.25, 0.3) is 5.91 Å². The van der Waals surface area contributed by atoms with Crippen LogP contribution in [0.3, 0.4) is 0 Å². The molecule has 0 radical (unpaired) electrons. The minimum absolute atomic E-state index is 0.162. The van der Waals surface area contributed by atoms with Crippen molar-refractivity contribution in [1.82, 2.24) is 10.2 Å². The topological polar surface area (TPSA) is 90.7 Å². The van der Waals surface area contributed by atoms with Crippen molar-refractivity contribution in [1.29, 1.82) is 5.26 Å². The number of carbonyl (C=O) groups is 1. The molecule has 1 heterocycles. The summed E-state index contributed by atoms with van der Waals surface area (Å²) in [7, 11) is 0. The van der Waals surface area contributed by atoms with Crippen LogP contribution in [-0.4, -0.2) is 16.1 Å². The van der Waals surface area contributed by atoms with E-state index < -0.39 is 5.91 Å². The molecule has 0 saturated carbocycles. The van der Waals surface area contributed by atoms with Crippen LogP contribution in [0.25, 0.3) is 0 Å². The van der Waals surface area contributed by atoms with Crippen molar-refractivity contribution in [3.05, 3.63) is 82.5 Å². The highest BCUT2D eigenvalue weighted by atomic mass is 35.5. The number of para-hydroxylation sites is 1. The Hall–Kier alpha value is -3.43. The molecule has 0 saturated heterocycles. The van der Waals surface area contributed by atoms with Crippen LogP contribution in [0.4, 0.5) is 11.5 Å². The molecule has 0 unspecified atom stereocenters. The quantitative estimate of drug-likeness (QED) is 0.718. The minimum atomic E-state index is -0.426. The number of aromatic nitrogens is 2. The number of nitrogens with one attached hydrogen (secondary N) is 2. The van der Waals surface area contributed by atoms with Gasteiger partial charge >= 0.3 is 0 Å². The molecular formula is C19H14ClN5O. The van der Waals surface area contributed by atoms with Gasteiger partial charge in [-0.1, -0.05) is 35.9 Å². The fraction of sp³-hybridized carbons (Fsp3) is 0.0526. The van der Waals surface area contributed by atoms with Crippen molar-refractivity contribution in [2.45, 2.75) is 6.54 Å². The van der Waals surface area contributed by atoms with Gasteiger partial charge in [-0.05, 0) is 42.0 Å². The first kappa shape index (κ1) is 17.4. The summed E-state index contributed by atoms with van der Waals surface area (Å²) in [5.41, 5.74) is 2.03. The van der Waals surface area contributed by atoms with Crippen LogP contribution in [-0.2, 0) is 6.54 Å². The maximum absolute atomic E-state index is 12.2. The number of carbonyl (C=O) groups excluding carboxylic acids is 1. The van der Waals surface area contributed by atoms with Crippen LogP contribution < -0.4 is 10.6 Å². The molecule has 1 amide bonds. The van der Waals surface area contributed by atoms with Crippen LogP contribution in [0.2, 0.25) is 5.02 Å². The fourth-order valence-electron chi connectivity index (χ4n) is 2.22. The highest BCUT2D eigenvalue weighted by Crippen LogP contribution is 2.15. The molecule has 6 nitrogen and oxygen atoms in total. The number of amides is 1. The summed E-state index contributed by atoms with van der Waals surface area (Å²) < 4.78 is 0. The molecule has 7 heteroatoms. The smallest absolute Gasteiger partial charge is 0.276 e. The van der Waals surface area contributed by atoms with Gasteiger partial charge in [0.05, 0.1) is 11.3 Å².